The van der Waals surface area contributed by atoms with Crippen molar-refractivity contribution < 1.29 is 45.1 Å². The topological polar surface area (TPSA) is 58.6 Å². The van der Waals surface area contributed by atoms with Crippen LogP contribution < -0.4 is 15.0 Å². The van der Waals surface area contributed by atoms with E-state index in [0.717, 1.165) is 14.0 Å². The van der Waals surface area contributed by atoms with E-state index in [-0.39, 0.29) is 28.8 Å². The summed E-state index contributed by atoms with van der Waals surface area (Å²) in [7, 11) is 2.43. The van der Waals surface area contributed by atoms with Crippen molar-refractivity contribution in [3.8, 4) is 5.75 Å². The van der Waals surface area contributed by atoms with Crippen LogP contribution in [0, 0.1) is 6.92 Å². The second-order valence-corrected chi connectivity index (χ2v) is 8.26. The third-order valence-corrected chi connectivity index (χ3v) is 5.76. The Morgan fingerprint density at radius 3 is 1.95 bits per heavy atom. The summed E-state index contributed by atoms with van der Waals surface area (Å²) in [4.78, 5) is 27.0. The number of rotatable bonds is 6. The molecule has 3 rings (SSSR count). The number of nitrogens with zero attached hydrogens (tertiary/aromatic N) is 1. The Labute approximate surface area is 212 Å². The molecule has 0 radical (unpaired) electrons. The monoisotopic (exact) mass is 542 g/mol. The zero-order valence-electron chi connectivity index (χ0n) is 20.2. The number of halogens is 7. The van der Waals surface area contributed by atoms with Crippen molar-refractivity contribution in [2.75, 3.05) is 24.4 Å². The molecule has 1 N–H and O–H groups in total. The molecule has 0 spiro atoms. The van der Waals surface area contributed by atoms with Crippen LogP contribution in [0.4, 0.5) is 42.1 Å². The van der Waals surface area contributed by atoms with E-state index in [4.69, 9.17) is 4.74 Å². The van der Waals surface area contributed by atoms with Crippen LogP contribution >= 0.6 is 0 Å². The van der Waals surface area contributed by atoms with Gasteiger partial charge in [0.15, 0.2) is 0 Å². The summed E-state index contributed by atoms with van der Waals surface area (Å²) in [6, 6.07) is 14.7. The van der Waals surface area contributed by atoms with Crippen molar-refractivity contribution in [3.05, 3.63) is 89.0 Å². The molecule has 0 aliphatic heterocycles. The Kier molecular flexibility index (Phi) is 7.75. The van der Waals surface area contributed by atoms with Crippen molar-refractivity contribution in [3.63, 3.8) is 0 Å². The van der Waals surface area contributed by atoms with Crippen LogP contribution in [0.1, 0.15) is 31.8 Å². The smallest absolute Gasteiger partial charge is 0.435 e. The number of aryl methyl sites for hydroxylation is 1. The van der Waals surface area contributed by atoms with E-state index in [0.29, 0.717) is 17.3 Å². The van der Waals surface area contributed by atoms with Crippen LogP contribution in [0.15, 0.2) is 66.7 Å². The molecule has 38 heavy (non-hydrogen) atoms. The van der Waals surface area contributed by atoms with Gasteiger partial charge in [0.05, 0.1) is 12.8 Å². The maximum absolute atomic E-state index is 14.6. The largest absolute Gasteiger partial charge is 0.495 e. The molecular weight excluding hydrogens is 521 g/mol. The van der Waals surface area contributed by atoms with Gasteiger partial charge < -0.3 is 15.0 Å². The molecule has 0 unspecified atom stereocenters. The number of ether oxygens (including phenoxy) is 1. The molecule has 5 nitrogen and oxygen atoms in total. The normalized spacial score (nSPS) is 12.2. The van der Waals surface area contributed by atoms with E-state index in [1.54, 1.807) is 36.4 Å². The number of alkyl halides is 7. The van der Waals surface area contributed by atoms with Crippen molar-refractivity contribution in [1.29, 1.82) is 0 Å². The standard InChI is InChI=1S/C26H21F7N2O3/c1-15-12-18(24(27,25(28,29)30)26(31,32)33)14-20(38-3)21(15)34-22(36)17-10-7-11-19(13-17)35(2)23(37)16-8-5-4-6-9-16/h4-14H,1-3H3,(H,34,36). The molecule has 0 aliphatic carbocycles. The van der Waals surface area contributed by atoms with Crippen molar-refractivity contribution in [2.24, 2.45) is 0 Å². The maximum Gasteiger partial charge on any atom is 0.435 e. The van der Waals surface area contributed by atoms with E-state index in [1.807, 2.05) is 0 Å². The highest BCUT2D eigenvalue weighted by atomic mass is 19.4. The van der Waals surface area contributed by atoms with Gasteiger partial charge in [-0.05, 0) is 55.0 Å². The van der Waals surface area contributed by atoms with E-state index < -0.39 is 35.2 Å². The lowest BCUT2D eigenvalue weighted by atomic mass is 9.92. The Morgan fingerprint density at radius 1 is 0.816 bits per heavy atom. The minimum Gasteiger partial charge on any atom is -0.495 e. The third-order valence-electron chi connectivity index (χ3n) is 5.76. The molecule has 0 fully saturated rings. The number of anilines is 2. The molecule has 202 valence electrons. The summed E-state index contributed by atoms with van der Waals surface area (Å²) in [5.74, 6) is -1.78. The summed E-state index contributed by atoms with van der Waals surface area (Å²) < 4.78 is 98.8. The van der Waals surface area contributed by atoms with Crippen molar-refractivity contribution >= 4 is 23.2 Å². The minimum atomic E-state index is -6.31. The Morgan fingerprint density at radius 2 is 1.39 bits per heavy atom. The summed E-state index contributed by atoms with van der Waals surface area (Å²) in [6.07, 6.45) is -12.6. The molecule has 0 aliphatic rings. The Hall–Kier alpha value is -4.09. The Bertz CT molecular complexity index is 1320. The average molecular weight is 542 g/mol. The van der Waals surface area contributed by atoms with Gasteiger partial charge in [-0.2, -0.15) is 26.3 Å². The number of benzene rings is 3. The lowest BCUT2D eigenvalue weighted by molar-refractivity contribution is -0.348. The van der Waals surface area contributed by atoms with Crippen LogP contribution in [0.25, 0.3) is 0 Å². The average Bonchev–Trinajstić information content (AvgIpc) is 2.87. The van der Waals surface area contributed by atoms with Crippen molar-refractivity contribution in [2.45, 2.75) is 24.9 Å². The van der Waals surface area contributed by atoms with Crippen LogP contribution in [0.3, 0.4) is 0 Å². The molecule has 0 aromatic heterocycles. The molecule has 0 saturated heterocycles. The number of methoxy groups -OCH3 is 1. The zero-order valence-corrected chi connectivity index (χ0v) is 20.2. The lowest BCUT2D eigenvalue weighted by Gasteiger charge is -2.31. The van der Waals surface area contributed by atoms with Gasteiger partial charge in [-0.25, -0.2) is 4.39 Å². The minimum absolute atomic E-state index is 0.0196. The molecule has 0 heterocycles. The van der Waals surface area contributed by atoms with E-state index >= 15 is 0 Å². The van der Waals surface area contributed by atoms with E-state index in [1.165, 1.54) is 30.1 Å². The number of carbonyl (C=O) groups excluding carboxylic acids is 2. The van der Waals surface area contributed by atoms with Crippen molar-refractivity contribution in [1.82, 2.24) is 0 Å². The second kappa shape index (κ2) is 10.3. The SMILES string of the molecule is COc1cc(C(F)(C(F)(F)F)C(F)(F)F)cc(C)c1NC(=O)c1cccc(N(C)C(=O)c2ccccc2)c1. The van der Waals surface area contributed by atoms with Crippen LogP contribution in [-0.4, -0.2) is 38.3 Å². The van der Waals surface area contributed by atoms with Crippen LogP contribution in [0.2, 0.25) is 0 Å². The van der Waals surface area contributed by atoms with E-state index in [9.17, 15) is 40.3 Å². The van der Waals surface area contributed by atoms with Gasteiger partial charge in [0.1, 0.15) is 5.75 Å². The van der Waals surface area contributed by atoms with Gasteiger partial charge >= 0.3 is 18.0 Å². The number of hydrogen-bond donors (Lipinski definition) is 1. The summed E-state index contributed by atoms with van der Waals surface area (Å²) in [6.45, 7) is 1.09. The molecule has 0 atom stereocenters. The Balaban J connectivity index is 1.94. The number of nitrogens with one attached hydrogen (secondary N) is 1. The zero-order chi connectivity index (χ0) is 28.5. The van der Waals surface area contributed by atoms with Gasteiger partial charge in [0.2, 0.25) is 0 Å². The lowest BCUT2D eigenvalue weighted by Crippen LogP contribution is -2.50. The van der Waals surface area contributed by atoms with Crippen LogP contribution in [-0.2, 0) is 5.67 Å². The summed E-state index contributed by atoms with van der Waals surface area (Å²) in [5.41, 5.74) is -7.22. The predicted octanol–water partition coefficient (Wildman–Crippen LogP) is 6.82. The predicted molar refractivity (Wildman–Crippen MR) is 126 cm³/mol. The molecular formula is C26H21F7N2O3. The first-order chi connectivity index (χ1) is 17.6. The molecule has 2 amide bonds. The molecule has 12 heteroatoms. The maximum atomic E-state index is 14.6. The second-order valence-electron chi connectivity index (χ2n) is 8.26. The first-order valence-corrected chi connectivity index (χ1v) is 10.9. The van der Waals surface area contributed by atoms with Gasteiger partial charge in [-0.1, -0.05) is 24.3 Å². The highest BCUT2D eigenvalue weighted by Crippen LogP contribution is 2.54. The first-order valence-electron chi connectivity index (χ1n) is 10.9. The summed E-state index contributed by atoms with van der Waals surface area (Å²) in [5, 5.41) is 2.38. The summed E-state index contributed by atoms with van der Waals surface area (Å²) >= 11 is 0. The van der Waals surface area contributed by atoms with Crippen LogP contribution in [0.5, 0.6) is 5.75 Å². The molecule has 0 bridgehead atoms. The van der Waals surface area contributed by atoms with Gasteiger partial charge in [0.25, 0.3) is 11.8 Å². The van der Waals surface area contributed by atoms with Gasteiger partial charge in [-0.15, -0.1) is 0 Å². The third kappa shape index (κ3) is 5.29. The van der Waals surface area contributed by atoms with Gasteiger partial charge in [-0.3, -0.25) is 9.59 Å². The fourth-order valence-electron chi connectivity index (χ4n) is 3.70. The fourth-order valence-corrected chi connectivity index (χ4v) is 3.70. The highest BCUT2D eigenvalue weighted by molar-refractivity contribution is 6.08. The number of hydrogen-bond acceptors (Lipinski definition) is 3. The molecule has 3 aromatic rings. The molecule has 0 saturated carbocycles. The highest BCUT2D eigenvalue weighted by Gasteiger charge is 2.73. The fraction of sp³-hybridized carbons (Fsp3) is 0.231. The quantitative estimate of drug-likeness (QED) is 0.348. The van der Waals surface area contributed by atoms with E-state index in [2.05, 4.69) is 5.32 Å². The number of amides is 2. The molecule has 3 aromatic carbocycles. The number of carbonyl (C=O) groups is 2. The van der Waals surface area contributed by atoms with Gasteiger partial charge in [0, 0.05) is 29.4 Å². The first kappa shape index (κ1) is 28.5.